The van der Waals surface area contributed by atoms with Gasteiger partial charge in [-0.2, -0.15) is 4.68 Å². The van der Waals surface area contributed by atoms with Gasteiger partial charge in [0.05, 0.1) is 24.3 Å². The van der Waals surface area contributed by atoms with Crippen LogP contribution in [0, 0.1) is 11.6 Å². The second kappa shape index (κ2) is 10.5. The summed E-state index contributed by atoms with van der Waals surface area (Å²) in [7, 11) is 0. The number of rotatable bonds is 9. The smallest absolute Gasteiger partial charge is 0.305 e. The molecule has 2 aromatic carbocycles. The molecule has 1 heterocycles. The molecule has 3 rings (SSSR count). The highest BCUT2D eigenvalue weighted by atomic mass is 19.1. The zero-order chi connectivity index (χ0) is 23.1. The van der Waals surface area contributed by atoms with Crippen LogP contribution in [0.15, 0.2) is 67.0 Å². The van der Waals surface area contributed by atoms with Crippen LogP contribution in [0.25, 0.3) is 11.3 Å². The van der Waals surface area contributed by atoms with Crippen LogP contribution < -0.4 is 0 Å². The molecule has 0 saturated carbocycles. The first-order chi connectivity index (χ1) is 15.3. The number of nitrogens with zero attached hydrogens (tertiary/aromatic N) is 4. The van der Waals surface area contributed by atoms with E-state index in [9.17, 15) is 23.8 Å². The number of aliphatic hydroxyl groups excluding tert-OH is 2. The van der Waals surface area contributed by atoms with Gasteiger partial charge in [-0.05, 0) is 51.9 Å². The predicted octanol–water partition coefficient (Wildman–Crippen LogP) is 2.51. The van der Waals surface area contributed by atoms with Crippen molar-refractivity contribution < 1.29 is 28.9 Å². The molecule has 0 saturated heterocycles. The van der Waals surface area contributed by atoms with E-state index in [4.69, 9.17) is 5.11 Å². The van der Waals surface area contributed by atoms with Gasteiger partial charge < -0.3 is 15.3 Å². The summed E-state index contributed by atoms with van der Waals surface area (Å²) in [6, 6.07) is 11.3. The number of tetrazole rings is 1. The van der Waals surface area contributed by atoms with Crippen LogP contribution in [0.5, 0.6) is 0 Å². The van der Waals surface area contributed by atoms with Crippen molar-refractivity contribution in [2.75, 3.05) is 0 Å². The van der Waals surface area contributed by atoms with Crippen molar-refractivity contribution >= 4 is 17.2 Å². The van der Waals surface area contributed by atoms with E-state index in [0.29, 0.717) is 22.4 Å². The molecular weight excluding hydrogens is 422 g/mol. The molecule has 1 aromatic heterocycles. The van der Waals surface area contributed by atoms with Crippen molar-refractivity contribution in [3.8, 4) is 0 Å². The molecular formula is C22H20F2N4O4. The molecule has 2 unspecified atom stereocenters. The molecule has 0 bridgehead atoms. The minimum absolute atomic E-state index is 0.200. The maximum atomic E-state index is 13.5. The highest BCUT2D eigenvalue weighted by Gasteiger charge is 2.16. The maximum absolute atomic E-state index is 13.5. The van der Waals surface area contributed by atoms with E-state index in [1.165, 1.54) is 47.4 Å². The van der Waals surface area contributed by atoms with Crippen molar-refractivity contribution in [1.29, 1.82) is 0 Å². The van der Waals surface area contributed by atoms with E-state index >= 15 is 0 Å². The van der Waals surface area contributed by atoms with E-state index < -0.39 is 36.2 Å². The van der Waals surface area contributed by atoms with Gasteiger partial charge in [0.15, 0.2) is 0 Å². The Labute approximate surface area is 181 Å². The largest absolute Gasteiger partial charge is 0.481 e. The number of benzene rings is 2. The van der Waals surface area contributed by atoms with E-state index in [2.05, 4.69) is 15.5 Å². The standard InChI is InChI=1S/C22H20F2N4O4/c23-16-5-1-14(2-6-16)22(15-3-7-17(24)8-4-15)20(28-13-25-26-27-28)10-9-18(29)11-19(30)12-21(31)32/h1-10,13,18-19,29-30H,11-12H2,(H,31,32)/b10-9+. The maximum Gasteiger partial charge on any atom is 0.305 e. The lowest BCUT2D eigenvalue weighted by Gasteiger charge is -2.15. The average Bonchev–Trinajstić information content (AvgIpc) is 3.27. The molecule has 0 fully saturated rings. The van der Waals surface area contributed by atoms with Crippen LogP contribution in [0.4, 0.5) is 8.78 Å². The SMILES string of the molecule is O=C(O)CC(O)CC(O)/C=C/C(=C(c1ccc(F)cc1)c1ccc(F)cc1)n1cnnn1. The molecule has 32 heavy (non-hydrogen) atoms. The Hall–Kier alpha value is -3.76. The first kappa shape index (κ1) is 22.9. The van der Waals surface area contributed by atoms with Crippen molar-refractivity contribution in [3.63, 3.8) is 0 Å². The first-order valence-corrected chi connectivity index (χ1v) is 9.59. The molecule has 2 atom stereocenters. The van der Waals surface area contributed by atoms with Crippen LogP contribution in [-0.4, -0.2) is 53.7 Å². The van der Waals surface area contributed by atoms with Gasteiger partial charge in [0, 0.05) is 12.0 Å². The number of hydrogen-bond acceptors (Lipinski definition) is 6. The monoisotopic (exact) mass is 442 g/mol. The fraction of sp³-hybridized carbons (Fsp3) is 0.182. The number of allylic oxidation sites excluding steroid dienone is 2. The lowest BCUT2D eigenvalue weighted by molar-refractivity contribution is -0.139. The van der Waals surface area contributed by atoms with Crippen LogP contribution >= 0.6 is 0 Å². The topological polar surface area (TPSA) is 121 Å². The average molecular weight is 442 g/mol. The fourth-order valence-corrected chi connectivity index (χ4v) is 3.09. The summed E-state index contributed by atoms with van der Waals surface area (Å²) in [4.78, 5) is 10.7. The quantitative estimate of drug-likeness (QED) is 0.435. The summed E-state index contributed by atoms with van der Waals surface area (Å²) < 4.78 is 28.4. The van der Waals surface area contributed by atoms with E-state index in [-0.39, 0.29) is 6.42 Å². The Morgan fingerprint density at radius 2 is 1.56 bits per heavy atom. The second-order valence-corrected chi connectivity index (χ2v) is 6.94. The van der Waals surface area contributed by atoms with Crippen molar-refractivity contribution in [2.24, 2.45) is 0 Å². The van der Waals surface area contributed by atoms with Gasteiger partial charge in [-0.15, -0.1) is 5.10 Å². The zero-order valence-corrected chi connectivity index (χ0v) is 16.7. The number of carboxylic acid groups (broad SMARTS) is 1. The highest BCUT2D eigenvalue weighted by Crippen LogP contribution is 2.30. The molecule has 0 aliphatic carbocycles. The lowest BCUT2D eigenvalue weighted by Crippen LogP contribution is -2.19. The normalized spacial score (nSPS) is 13.1. The number of aromatic nitrogens is 4. The number of carboxylic acids is 1. The molecule has 3 N–H and O–H groups in total. The number of aliphatic hydroxyl groups is 2. The number of hydrogen-bond donors (Lipinski definition) is 3. The summed E-state index contributed by atoms with van der Waals surface area (Å²) in [5.74, 6) is -2.05. The molecule has 0 spiro atoms. The van der Waals surface area contributed by atoms with Gasteiger partial charge in [-0.1, -0.05) is 30.3 Å². The Morgan fingerprint density at radius 3 is 2.03 bits per heavy atom. The van der Waals surface area contributed by atoms with Gasteiger partial charge in [0.1, 0.15) is 18.0 Å². The minimum Gasteiger partial charge on any atom is -0.481 e. The predicted molar refractivity (Wildman–Crippen MR) is 111 cm³/mol. The van der Waals surface area contributed by atoms with Crippen LogP contribution in [0.1, 0.15) is 24.0 Å². The molecule has 3 aromatic rings. The van der Waals surface area contributed by atoms with Crippen molar-refractivity contribution in [3.05, 3.63) is 89.8 Å². The second-order valence-electron chi connectivity index (χ2n) is 6.94. The molecule has 0 aliphatic heterocycles. The molecule has 8 nitrogen and oxygen atoms in total. The molecule has 10 heteroatoms. The van der Waals surface area contributed by atoms with Gasteiger partial charge in [0.2, 0.25) is 0 Å². The Balaban J connectivity index is 2.08. The fourth-order valence-electron chi connectivity index (χ4n) is 3.09. The van der Waals surface area contributed by atoms with Crippen molar-refractivity contribution in [1.82, 2.24) is 20.2 Å². The van der Waals surface area contributed by atoms with E-state index in [0.717, 1.165) is 0 Å². The zero-order valence-electron chi connectivity index (χ0n) is 16.7. The lowest BCUT2D eigenvalue weighted by atomic mass is 9.95. The molecule has 0 radical (unpaired) electrons. The van der Waals surface area contributed by atoms with Gasteiger partial charge in [0.25, 0.3) is 0 Å². The molecule has 0 aliphatic rings. The molecule has 0 amide bonds. The first-order valence-electron chi connectivity index (χ1n) is 9.59. The van der Waals surface area contributed by atoms with Crippen LogP contribution in [-0.2, 0) is 4.79 Å². The summed E-state index contributed by atoms with van der Waals surface area (Å²) in [5, 5.41) is 39.9. The summed E-state index contributed by atoms with van der Waals surface area (Å²) in [6.07, 6.45) is 1.06. The Bertz CT molecular complexity index is 1050. The number of halogens is 2. The van der Waals surface area contributed by atoms with Crippen LogP contribution in [0.2, 0.25) is 0 Å². The van der Waals surface area contributed by atoms with Crippen LogP contribution in [0.3, 0.4) is 0 Å². The number of aliphatic carboxylic acids is 1. The third kappa shape index (κ3) is 6.13. The highest BCUT2D eigenvalue weighted by molar-refractivity contribution is 5.96. The van der Waals surface area contributed by atoms with Gasteiger partial charge in [-0.25, -0.2) is 8.78 Å². The summed E-state index contributed by atoms with van der Waals surface area (Å²) in [6.45, 7) is 0. The van der Waals surface area contributed by atoms with E-state index in [1.54, 1.807) is 24.3 Å². The Kier molecular flexibility index (Phi) is 7.53. The third-order valence-corrected chi connectivity index (χ3v) is 4.52. The number of carbonyl (C=O) groups is 1. The third-order valence-electron chi connectivity index (χ3n) is 4.52. The van der Waals surface area contributed by atoms with Crippen molar-refractivity contribution in [2.45, 2.75) is 25.0 Å². The minimum atomic E-state index is -1.23. The van der Waals surface area contributed by atoms with E-state index in [1.807, 2.05) is 0 Å². The summed E-state index contributed by atoms with van der Waals surface area (Å²) in [5.41, 5.74) is 2.05. The summed E-state index contributed by atoms with van der Waals surface area (Å²) >= 11 is 0. The Morgan fingerprint density at radius 1 is 1.00 bits per heavy atom. The van der Waals surface area contributed by atoms with Gasteiger partial charge >= 0.3 is 5.97 Å². The van der Waals surface area contributed by atoms with Gasteiger partial charge in [-0.3, -0.25) is 4.79 Å². The molecule has 166 valence electrons.